The lowest BCUT2D eigenvalue weighted by molar-refractivity contribution is -0.0947. The van der Waals surface area contributed by atoms with Gasteiger partial charge in [0, 0.05) is 12.8 Å². The van der Waals surface area contributed by atoms with Crippen molar-refractivity contribution in [3.63, 3.8) is 0 Å². The molecule has 4 aromatic heterocycles. The second-order valence-corrected chi connectivity index (χ2v) is 25.6. The number of imidazole rings is 2. The Morgan fingerprint density at radius 3 is 1.73 bits per heavy atom. The Labute approximate surface area is 423 Å². The van der Waals surface area contributed by atoms with E-state index in [9.17, 15) is 5.26 Å². The van der Waals surface area contributed by atoms with Gasteiger partial charge in [-0.15, -0.1) is 0 Å². The second-order valence-electron chi connectivity index (χ2n) is 19.3. The Kier molecular flexibility index (Phi) is 15.0. The van der Waals surface area contributed by atoms with Crippen LogP contribution in [0.3, 0.4) is 0 Å². The summed E-state index contributed by atoms with van der Waals surface area (Å²) in [6.45, 7) is 10.1. The number of ether oxygens (including phenoxy) is 5. The molecule has 0 radical (unpaired) electrons. The Bertz CT molecular complexity index is 3050. The van der Waals surface area contributed by atoms with E-state index in [4.69, 9.17) is 53.1 Å². The number of fused-ring (bicyclic) bond motifs is 2. The first kappa shape index (κ1) is 51.5. The molecule has 2 aliphatic heterocycles. The Morgan fingerprint density at radius 1 is 0.712 bits per heavy atom. The minimum absolute atomic E-state index is 0.0968. The number of nitrogens with zero attached hydrogens (tertiary/aromatic N) is 9. The highest BCUT2D eigenvalue weighted by Gasteiger charge is 2.49. The van der Waals surface area contributed by atoms with E-state index < -0.39 is 58.6 Å². The number of nitrogen functional groups attached to an aromatic ring is 2. The SMILES string of the molecule is COc1ccc(C(OC[C@H]2O[C@@H](n3cnc4c(N)ncnc43)C[C@@H]2OP(=O)(OCCC#N)OC[C@H]2O[C@@H](n3cnc4c(N)ncnc43)C[C@@H]2O[Si](C)(C)C(C)(C)C)(c2ccccc2)c2ccc(OC)cc2)cc1. The molecule has 0 bridgehead atoms. The zero-order valence-corrected chi connectivity index (χ0v) is 43.6. The van der Waals surface area contributed by atoms with E-state index in [-0.39, 0.29) is 49.3 Å². The van der Waals surface area contributed by atoms with Crippen molar-refractivity contribution < 1.29 is 46.2 Å². The lowest BCUT2D eigenvalue weighted by Crippen LogP contribution is -2.46. The number of hydrogen-bond donors (Lipinski definition) is 2. The summed E-state index contributed by atoms with van der Waals surface area (Å²) in [6.07, 6.45) is 1.59. The fourth-order valence-corrected chi connectivity index (χ4v) is 11.7. The van der Waals surface area contributed by atoms with Crippen molar-refractivity contribution >= 4 is 50.1 Å². The molecule has 0 aliphatic carbocycles. The van der Waals surface area contributed by atoms with Gasteiger partial charge < -0.3 is 39.6 Å². The van der Waals surface area contributed by atoms with Crippen molar-refractivity contribution in [3.8, 4) is 17.6 Å². The summed E-state index contributed by atoms with van der Waals surface area (Å²) >= 11 is 0. The van der Waals surface area contributed by atoms with Crippen molar-refractivity contribution in [1.29, 1.82) is 5.26 Å². The van der Waals surface area contributed by atoms with E-state index >= 15 is 4.57 Å². The minimum atomic E-state index is -4.61. The molecule has 3 aromatic carbocycles. The molecule has 2 fully saturated rings. The predicted octanol–water partition coefficient (Wildman–Crippen LogP) is 8.26. The fourth-order valence-electron chi connectivity index (χ4n) is 8.91. The Hall–Kier alpha value is -6.38. The van der Waals surface area contributed by atoms with E-state index in [2.05, 4.69) is 69.8 Å². The van der Waals surface area contributed by atoms with Crippen molar-refractivity contribution in [2.75, 3.05) is 45.5 Å². The van der Waals surface area contributed by atoms with E-state index in [1.807, 2.05) is 78.9 Å². The van der Waals surface area contributed by atoms with Crippen LogP contribution in [0.5, 0.6) is 11.5 Å². The van der Waals surface area contributed by atoms with Gasteiger partial charge in [0.2, 0.25) is 0 Å². The minimum Gasteiger partial charge on any atom is -0.497 e. The van der Waals surface area contributed by atoms with Gasteiger partial charge in [-0.25, -0.2) is 34.5 Å². The van der Waals surface area contributed by atoms with Gasteiger partial charge in [0.15, 0.2) is 31.2 Å². The molecule has 384 valence electrons. The highest BCUT2D eigenvalue weighted by molar-refractivity contribution is 7.48. The maximum Gasteiger partial charge on any atom is 0.475 e. The predicted molar refractivity (Wildman–Crippen MR) is 271 cm³/mol. The second kappa shape index (κ2) is 21.2. The molecule has 1 unspecified atom stereocenters. The topological polar surface area (TPSA) is 263 Å². The number of phosphoric acid groups is 1. The maximum absolute atomic E-state index is 15.4. The quantitative estimate of drug-likeness (QED) is 0.0315. The number of benzene rings is 3. The van der Waals surface area contributed by atoms with E-state index in [0.29, 0.717) is 40.2 Å². The Balaban J connectivity index is 1.07. The third-order valence-electron chi connectivity index (χ3n) is 13.8. The number of hydrogen-bond acceptors (Lipinski definition) is 19. The highest BCUT2D eigenvalue weighted by Crippen LogP contribution is 2.55. The average Bonchev–Trinajstić information content (AvgIpc) is 4.20. The van der Waals surface area contributed by atoms with Crippen molar-refractivity contribution in [2.45, 2.75) is 101 Å². The number of rotatable bonds is 20. The molecular weight excluding hydrogens is 974 g/mol. The number of nitrogens with two attached hydrogens (primary N) is 2. The fraction of sp³-hybridized carbons (Fsp3) is 0.420. The van der Waals surface area contributed by atoms with Gasteiger partial charge in [0.25, 0.3) is 0 Å². The van der Waals surface area contributed by atoms with E-state index in [1.54, 1.807) is 36.0 Å². The summed E-state index contributed by atoms with van der Waals surface area (Å²) in [7, 11) is -3.82. The van der Waals surface area contributed by atoms with Crippen molar-refractivity contribution in [1.82, 2.24) is 39.0 Å². The first-order chi connectivity index (χ1) is 35.1. The lowest BCUT2D eigenvalue weighted by Gasteiger charge is -2.39. The van der Waals surface area contributed by atoms with Crippen LogP contribution >= 0.6 is 7.82 Å². The van der Waals surface area contributed by atoms with Gasteiger partial charge in [-0.2, -0.15) is 5.26 Å². The number of anilines is 2. The lowest BCUT2D eigenvalue weighted by atomic mass is 9.80. The summed E-state index contributed by atoms with van der Waals surface area (Å²) in [6, 6.07) is 27.1. The van der Waals surface area contributed by atoms with Crippen LogP contribution in [0.25, 0.3) is 22.3 Å². The van der Waals surface area contributed by atoms with Crippen LogP contribution < -0.4 is 20.9 Å². The highest BCUT2D eigenvalue weighted by atomic mass is 31.2. The monoisotopic (exact) mass is 1030 g/mol. The summed E-state index contributed by atoms with van der Waals surface area (Å²) in [5, 5.41) is 9.45. The van der Waals surface area contributed by atoms with Gasteiger partial charge in [-0.1, -0.05) is 75.4 Å². The smallest absolute Gasteiger partial charge is 0.475 e. The molecule has 23 heteroatoms. The van der Waals surface area contributed by atoms with Gasteiger partial charge in [0.05, 0.1) is 65.3 Å². The van der Waals surface area contributed by atoms with Gasteiger partial charge in [-0.3, -0.25) is 22.7 Å². The average molecular weight is 1030 g/mol. The van der Waals surface area contributed by atoms with Crippen LogP contribution in [-0.4, -0.2) is 106 Å². The number of methoxy groups -OCH3 is 2. The summed E-state index contributed by atoms with van der Waals surface area (Å²) in [5.41, 5.74) is 15.2. The molecule has 0 amide bonds. The zero-order valence-electron chi connectivity index (χ0n) is 41.7. The van der Waals surface area contributed by atoms with Crippen LogP contribution in [0, 0.1) is 11.3 Å². The van der Waals surface area contributed by atoms with E-state index in [0.717, 1.165) is 16.7 Å². The van der Waals surface area contributed by atoms with Crippen LogP contribution in [0.1, 0.15) is 69.2 Å². The number of nitriles is 1. The van der Waals surface area contributed by atoms with Crippen molar-refractivity contribution in [2.24, 2.45) is 0 Å². The first-order valence-electron chi connectivity index (χ1n) is 23.8. The molecule has 73 heavy (non-hydrogen) atoms. The largest absolute Gasteiger partial charge is 0.497 e. The molecule has 6 heterocycles. The molecule has 9 rings (SSSR count). The third-order valence-corrected chi connectivity index (χ3v) is 19.8. The van der Waals surface area contributed by atoms with Crippen molar-refractivity contribution in [3.05, 3.63) is 121 Å². The first-order valence-corrected chi connectivity index (χ1v) is 28.2. The van der Waals surface area contributed by atoms with Gasteiger partial charge in [0.1, 0.15) is 71.6 Å². The van der Waals surface area contributed by atoms with Gasteiger partial charge >= 0.3 is 7.82 Å². The molecule has 0 saturated carbocycles. The molecule has 2 aliphatic rings. The van der Waals surface area contributed by atoms with E-state index in [1.165, 1.54) is 12.7 Å². The van der Waals surface area contributed by atoms with Crippen LogP contribution in [0.2, 0.25) is 18.1 Å². The molecule has 0 spiro atoms. The van der Waals surface area contributed by atoms with Crippen LogP contribution in [0.15, 0.2) is 104 Å². The zero-order chi connectivity index (χ0) is 51.5. The third kappa shape index (κ3) is 10.6. The molecular formula is C50H60N11O10PSi. The standard InChI is InChI=1S/C50H60N11O10PSi/c1-49(2,3)73(6,7)71-38-25-42(61-31-59-44-46(53)55-29-57-48(44)61)69-40(38)27-67-72(62,66-23-11-22-51)70-37-24-41(60-30-58-43-45(52)54-28-56-47(43)60)68-39(37)26-65-50(32-12-9-8-10-13-32,33-14-18-35(63-4)19-15-33)34-16-20-36(64-5)21-17-34/h8-10,12-21,28-31,37-42H,11,23-27H2,1-7H3,(H2,52,54,56)(H2,53,55,57)/t37-,38-,39+,40+,41+,42+,72?/m0/s1. The van der Waals surface area contributed by atoms with Gasteiger partial charge in [-0.05, 0) is 59.1 Å². The summed E-state index contributed by atoms with van der Waals surface area (Å²) < 4.78 is 76.9. The molecule has 4 N–H and O–H groups in total. The number of aromatic nitrogens is 8. The molecule has 7 aromatic rings. The summed E-state index contributed by atoms with van der Waals surface area (Å²) in [4.78, 5) is 26.1. The number of phosphoric ester groups is 1. The Morgan fingerprint density at radius 2 is 1.22 bits per heavy atom. The molecule has 2 saturated heterocycles. The summed E-state index contributed by atoms with van der Waals surface area (Å²) in [5.74, 6) is 1.74. The normalized spacial score (nSPS) is 21.3. The van der Waals surface area contributed by atoms with Crippen LogP contribution in [-0.2, 0) is 42.4 Å². The maximum atomic E-state index is 15.4. The molecule has 21 nitrogen and oxygen atoms in total. The molecule has 7 atom stereocenters. The van der Waals surface area contributed by atoms with Crippen LogP contribution in [0.4, 0.5) is 11.6 Å².